The van der Waals surface area contributed by atoms with Gasteiger partial charge in [0, 0.05) is 11.0 Å². The molecule has 2 aromatic rings. The van der Waals surface area contributed by atoms with Crippen molar-refractivity contribution in [2.45, 2.75) is 38.1 Å². The zero-order valence-corrected chi connectivity index (χ0v) is 16.8. The van der Waals surface area contributed by atoms with Crippen molar-refractivity contribution >= 4 is 33.3 Å². The molecule has 6 nitrogen and oxygen atoms in total. The number of carbonyl (C=O) groups is 1. The molecule has 1 aromatic heterocycles. The maximum atomic E-state index is 12.4. The summed E-state index contributed by atoms with van der Waals surface area (Å²) >= 11 is 1.48. The number of hydrogen-bond donors (Lipinski definition) is 1. The van der Waals surface area contributed by atoms with Crippen LogP contribution in [-0.2, 0) is 14.6 Å². The summed E-state index contributed by atoms with van der Waals surface area (Å²) in [5, 5.41) is 7.26. The van der Waals surface area contributed by atoms with Crippen molar-refractivity contribution in [3.63, 3.8) is 0 Å². The lowest BCUT2D eigenvalue weighted by Gasteiger charge is -2.13. The smallest absolute Gasteiger partial charge is 0.235 e. The topological polar surface area (TPSA) is 81.1 Å². The summed E-state index contributed by atoms with van der Waals surface area (Å²) in [5.41, 5.74) is 3.18. The number of anilines is 1. The molecule has 2 heterocycles. The SMILES string of the molecule is Cc1cc(NC(=O)CSc2ccc(C)c(C)c2)n(C2CCS(=O)(=O)C2)n1. The summed E-state index contributed by atoms with van der Waals surface area (Å²) in [6, 6.07) is 7.71. The molecule has 1 fully saturated rings. The highest BCUT2D eigenvalue weighted by Gasteiger charge is 2.31. The zero-order valence-electron chi connectivity index (χ0n) is 15.2. The van der Waals surface area contributed by atoms with Crippen LogP contribution in [0.15, 0.2) is 29.2 Å². The maximum absolute atomic E-state index is 12.4. The van der Waals surface area contributed by atoms with Crippen LogP contribution in [0, 0.1) is 20.8 Å². The molecule has 0 radical (unpaired) electrons. The van der Waals surface area contributed by atoms with E-state index < -0.39 is 9.84 Å². The Kier molecular flexibility index (Phi) is 5.43. The third kappa shape index (κ3) is 4.48. The number of rotatable bonds is 5. The standard InChI is InChI=1S/C18H23N3O3S2/c1-12-4-5-16(8-13(12)2)25-10-18(22)19-17-9-14(3)20-21(17)15-6-7-26(23,24)11-15/h4-5,8-9,15H,6-7,10-11H2,1-3H3,(H,19,22). The number of carbonyl (C=O) groups excluding carboxylic acids is 1. The third-order valence-corrected chi connectivity index (χ3v) is 7.27. The van der Waals surface area contributed by atoms with Crippen LogP contribution >= 0.6 is 11.8 Å². The van der Waals surface area contributed by atoms with Crippen molar-refractivity contribution in [3.05, 3.63) is 41.1 Å². The number of sulfone groups is 1. The molecule has 1 atom stereocenters. The largest absolute Gasteiger partial charge is 0.310 e. The van der Waals surface area contributed by atoms with Gasteiger partial charge in [0.15, 0.2) is 9.84 Å². The molecule has 0 aliphatic carbocycles. The number of aryl methyl sites for hydroxylation is 3. The van der Waals surface area contributed by atoms with Crippen molar-refractivity contribution in [2.75, 3.05) is 22.6 Å². The Hall–Kier alpha value is -1.80. The van der Waals surface area contributed by atoms with Crippen molar-refractivity contribution in [1.29, 1.82) is 0 Å². The van der Waals surface area contributed by atoms with E-state index in [2.05, 4.69) is 36.4 Å². The van der Waals surface area contributed by atoms with Crippen LogP contribution in [0.4, 0.5) is 5.82 Å². The Balaban J connectivity index is 1.65. The first-order valence-corrected chi connectivity index (χ1v) is 11.3. The first-order chi connectivity index (χ1) is 12.2. The lowest BCUT2D eigenvalue weighted by molar-refractivity contribution is -0.113. The Morgan fingerprint density at radius 1 is 1.27 bits per heavy atom. The van der Waals surface area contributed by atoms with Gasteiger partial charge in [-0.3, -0.25) is 4.79 Å². The molecular weight excluding hydrogens is 370 g/mol. The average molecular weight is 394 g/mol. The minimum Gasteiger partial charge on any atom is -0.310 e. The molecule has 8 heteroatoms. The van der Waals surface area contributed by atoms with Gasteiger partial charge >= 0.3 is 0 Å². The Labute approximate surface area is 158 Å². The summed E-state index contributed by atoms with van der Waals surface area (Å²) in [6.45, 7) is 5.94. The molecule has 0 bridgehead atoms. The van der Waals surface area contributed by atoms with Crippen LogP contribution in [0.25, 0.3) is 0 Å². The lowest BCUT2D eigenvalue weighted by atomic mass is 10.1. The molecule has 1 aliphatic heterocycles. The second-order valence-electron chi connectivity index (χ2n) is 6.76. The van der Waals surface area contributed by atoms with Gasteiger partial charge in [0.05, 0.1) is 29.0 Å². The quantitative estimate of drug-likeness (QED) is 0.790. The second kappa shape index (κ2) is 7.44. The predicted molar refractivity (Wildman–Crippen MR) is 105 cm³/mol. The van der Waals surface area contributed by atoms with Crippen LogP contribution in [-0.4, -0.2) is 41.4 Å². The first kappa shape index (κ1) is 19.0. The summed E-state index contributed by atoms with van der Waals surface area (Å²) in [7, 11) is -3.01. The Bertz CT molecular complexity index is 935. The van der Waals surface area contributed by atoms with E-state index in [4.69, 9.17) is 0 Å². The van der Waals surface area contributed by atoms with Gasteiger partial charge in [-0.05, 0) is 50.5 Å². The van der Waals surface area contributed by atoms with Crippen molar-refractivity contribution in [3.8, 4) is 0 Å². The molecular formula is C18H23N3O3S2. The van der Waals surface area contributed by atoms with Gasteiger partial charge in [-0.15, -0.1) is 11.8 Å². The van der Waals surface area contributed by atoms with Gasteiger partial charge in [-0.2, -0.15) is 5.10 Å². The molecule has 1 N–H and O–H groups in total. The number of thioether (sulfide) groups is 1. The number of benzene rings is 1. The molecule has 3 rings (SSSR count). The van der Waals surface area contributed by atoms with Gasteiger partial charge in [0.25, 0.3) is 0 Å². The predicted octanol–water partition coefficient (Wildman–Crippen LogP) is 2.90. The average Bonchev–Trinajstić information content (AvgIpc) is 3.10. The summed E-state index contributed by atoms with van der Waals surface area (Å²) < 4.78 is 25.1. The fourth-order valence-electron chi connectivity index (χ4n) is 2.99. The van der Waals surface area contributed by atoms with E-state index in [-0.39, 0.29) is 29.2 Å². The van der Waals surface area contributed by atoms with Gasteiger partial charge in [0.2, 0.25) is 5.91 Å². The highest BCUT2D eigenvalue weighted by molar-refractivity contribution is 8.00. The molecule has 1 aliphatic rings. The van der Waals surface area contributed by atoms with Gasteiger partial charge in [-0.25, -0.2) is 13.1 Å². The normalized spacial score (nSPS) is 18.8. The monoisotopic (exact) mass is 393 g/mol. The number of aromatic nitrogens is 2. The molecule has 1 saturated heterocycles. The van der Waals surface area contributed by atoms with E-state index in [1.54, 1.807) is 10.7 Å². The minimum atomic E-state index is -3.01. The van der Waals surface area contributed by atoms with Crippen LogP contribution in [0.3, 0.4) is 0 Å². The van der Waals surface area contributed by atoms with E-state index in [0.717, 1.165) is 10.6 Å². The fraction of sp³-hybridized carbons (Fsp3) is 0.444. The Morgan fingerprint density at radius 2 is 2.04 bits per heavy atom. The van der Waals surface area contributed by atoms with Crippen LogP contribution in [0.2, 0.25) is 0 Å². The van der Waals surface area contributed by atoms with Gasteiger partial charge in [0.1, 0.15) is 5.82 Å². The van der Waals surface area contributed by atoms with E-state index >= 15 is 0 Å². The zero-order chi connectivity index (χ0) is 18.9. The number of nitrogens with one attached hydrogen (secondary N) is 1. The fourth-order valence-corrected chi connectivity index (χ4v) is 5.47. The molecule has 1 aromatic carbocycles. The van der Waals surface area contributed by atoms with E-state index in [0.29, 0.717) is 12.2 Å². The molecule has 0 spiro atoms. The van der Waals surface area contributed by atoms with Crippen molar-refractivity contribution in [2.24, 2.45) is 0 Å². The number of nitrogens with zero attached hydrogens (tertiary/aromatic N) is 2. The summed E-state index contributed by atoms with van der Waals surface area (Å²) in [4.78, 5) is 13.4. The number of amides is 1. The lowest BCUT2D eigenvalue weighted by Crippen LogP contribution is -2.20. The van der Waals surface area contributed by atoms with Crippen molar-refractivity contribution < 1.29 is 13.2 Å². The second-order valence-corrected chi connectivity index (χ2v) is 10.0. The van der Waals surface area contributed by atoms with Crippen LogP contribution in [0.5, 0.6) is 0 Å². The van der Waals surface area contributed by atoms with Crippen molar-refractivity contribution in [1.82, 2.24) is 9.78 Å². The molecule has 26 heavy (non-hydrogen) atoms. The Morgan fingerprint density at radius 3 is 2.69 bits per heavy atom. The van der Waals surface area contributed by atoms with Crippen LogP contribution in [0.1, 0.15) is 29.3 Å². The first-order valence-electron chi connectivity index (χ1n) is 8.50. The molecule has 1 amide bonds. The summed E-state index contributed by atoms with van der Waals surface area (Å²) in [5.74, 6) is 0.974. The van der Waals surface area contributed by atoms with Gasteiger partial charge in [-0.1, -0.05) is 6.07 Å². The summed E-state index contributed by atoms with van der Waals surface area (Å²) in [6.07, 6.45) is 0.531. The number of hydrogen-bond acceptors (Lipinski definition) is 5. The molecule has 140 valence electrons. The van der Waals surface area contributed by atoms with E-state index in [1.807, 2.05) is 13.0 Å². The van der Waals surface area contributed by atoms with Crippen LogP contribution < -0.4 is 5.32 Å². The molecule has 1 unspecified atom stereocenters. The molecule has 0 saturated carbocycles. The highest BCUT2D eigenvalue weighted by Crippen LogP contribution is 2.27. The van der Waals surface area contributed by atoms with Gasteiger partial charge < -0.3 is 5.32 Å². The maximum Gasteiger partial charge on any atom is 0.235 e. The third-order valence-electron chi connectivity index (χ3n) is 4.53. The van der Waals surface area contributed by atoms with E-state index in [9.17, 15) is 13.2 Å². The minimum absolute atomic E-state index is 0.0778. The van der Waals surface area contributed by atoms with E-state index in [1.165, 1.54) is 22.9 Å². The highest BCUT2D eigenvalue weighted by atomic mass is 32.2.